The molecule has 2 heterocycles. The van der Waals surface area contributed by atoms with Gasteiger partial charge in [0.15, 0.2) is 0 Å². The fourth-order valence-corrected chi connectivity index (χ4v) is 2.67. The van der Waals surface area contributed by atoms with Crippen molar-refractivity contribution in [1.82, 2.24) is 9.88 Å². The largest absolute Gasteiger partial charge is 0.353 e. The average Bonchev–Trinajstić information content (AvgIpc) is 2.51. The van der Waals surface area contributed by atoms with E-state index in [1.54, 1.807) is 6.20 Å². The predicted molar refractivity (Wildman–Crippen MR) is 76.1 cm³/mol. The zero-order chi connectivity index (χ0) is 13.1. The summed E-state index contributed by atoms with van der Waals surface area (Å²) in [7, 11) is 2.17. The number of hydrogen-bond acceptors (Lipinski definition) is 4. The number of anilines is 1. The van der Waals surface area contributed by atoms with Gasteiger partial charge >= 0.3 is 0 Å². The summed E-state index contributed by atoms with van der Waals surface area (Å²) in [6, 6.07) is 2.47. The molecule has 2 rings (SSSR count). The molecule has 0 saturated carbocycles. The van der Waals surface area contributed by atoms with E-state index in [-0.39, 0.29) is 0 Å². The standard InChI is InChI=1S/C13H21ClN4/c1-10-9-17(2)4-3-5-18(10)13-6-11(7-15)12(14)8-16-13/h6,8,10H,3-5,7,9,15H2,1-2H3. The first kappa shape index (κ1) is 13.6. The average molecular weight is 269 g/mol. The van der Waals surface area contributed by atoms with E-state index in [0.717, 1.165) is 37.4 Å². The topological polar surface area (TPSA) is 45.4 Å². The molecule has 5 heteroatoms. The molecule has 0 radical (unpaired) electrons. The Morgan fingerprint density at radius 1 is 1.50 bits per heavy atom. The molecule has 4 nitrogen and oxygen atoms in total. The molecule has 0 amide bonds. The van der Waals surface area contributed by atoms with Crippen molar-refractivity contribution in [3.63, 3.8) is 0 Å². The highest BCUT2D eigenvalue weighted by Crippen LogP contribution is 2.23. The predicted octanol–water partition coefficient (Wildman–Crippen LogP) is 1.72. The second-order valence-corrected chi connectivity index (χ2v) is 5.40. The van der Waals surface area contributed by atoms with Gasteiger partial charge in [-0.3, -0.25) is 0 Å². The number of aromatic nitrogens is 1. The van der Waals surface area contributed by atoms with Crippen LogP contribution in [0.1, 0.15) is 18.9 Å². The fourth-order valence-electron chi connectivity index (χ4n) is 2.49. The van der Waals surface area contributed by atoms with Crippen LogP contribution in [-0.4, -0.2) is 42.6 Å². The van der Waals surface area contributed by atoms with Crippen LogP contribution in [-0.2, 0) is 6.54 Å². The van der Waals surface area contributed by atoms with Crippen molar-refractivity contribution >= 4 is 17.4 Å². The summed E-state index contributed by atoms with van der Waals surface area (Å²) in [6.07, 6.45) is 2.86. The van der Waals surface area contributed by atoms with E-state index >= 15 is 0 Å². The van der Waals surface area contributed by atoms with E-state index in [9.17, 15) is 0 Å². The summed E-state index contributed by atoms with van der Waals surface area (Å²) in [5, 5.41) is 0.654. The maximum absolute atomic E-state index is 6.06. The highest BCUT2D eigenvalue weighted by atomic mass is 35.5. The Hall–Kier alpha value is -0.840. The lowest BCUT2D eigenvalue weighted by Gasteiger charge is -2.29. The molecule has 100 valence electrons. The molecule has 0 aromatic carbocycles. The molecule has 0 bridgehead atoms. The highest BCUT2D eigenvalue weighted by molar-refractivity contribution is 6.31. The van der Waals surface area contributed by atoms with Crippen LogP contribution in [0.3, 0.4) is 0 Å². The molecule has 1 saturated heterocycles. The Balaban J connectivity index is 2.24. The van der Waals surface area contributed by atoms with Gasteiger partial charge < -0.3 is 15.5 Å². The molecule has 1 aromatic rings. The smallest absolute Gasteiger partial charge is 0.129 e. The zero-order valence-corrected chi connectivity index (χ0v) is 11.8. The van der Waals surface area contributed by atoms with E-state index in [4.69, 9.17) is 17.3 Å². The van der Waals surface area contributed by atoms with Gasteiger partial charge in [0, 0.05) is 31.9 Å². The van der Waals surface area contributed by atoms with Crippen molar-refractivity contribution in [2.45, 2.75) is 25.9 Å². The molecule has 1 atom stereocenters. The zero-order valence-electron chi connectivity index (χ0n) is 11.1. The molecule has 18 heavy (non-hydrogen) atoms. The fraction of sp³-hybridized carbons (Fsp3) is 0.615. The minimum Gasteiger partial charge on any atom is -0.353 e. The minimum absolute atomic E-state index is 0.455. The minimum atomic E-state index is 0.455. The summed E-state index contributed by atoms with van der Waals surface area (Å²) in [5.41, 5.74) is 6.66. The van der Waals surface area contributed by atoms with Crippen LogP contribution in [0.5, 0.6) is 0 Å². The maximum Gasteiger partial charge on any atom is 0.129 e. The van der Waals surface area contributed by atoms with Crippen LogP contribution in [0.25, 0.3) is 0 Å². The van der Waals surface area contributed by atoms with Crippen molar-refractivity contribution in [2.24, 2.45) is 5.73 Å². The van der Waals surface area contributed by atoms with E-state index in [2.05, 4.69) is 28.8 Å². The normalized spacial score (nSPS) is 22.0. The third kappa shape index (κ3) is 2.94. The highest BCUT2D eigenvalue weighted by Gasteiger charge is 2.21. The van der Waals surface area contributed by atoms with Crippen LogP contribution in [0.2, 0.25) is 5.02 Å². The number of pyridine rings is 1. The number of likely N-dealkylation sites (N-methyl/N-ethyl adjacent to an activating group) is 1. The van der Waals surface area contributed by atoms with Gasteiger partial charge in [-0.15, -0.1) is 0 Å². The molecular weight excluding hydrogens is 248 g/mol. The van der Waals surface area contributed by atoms with Gasteiger partial charge in [0.2, 0.25) is 0 Å². The summed E-state index contributed by atoms with van der Waals surface area (Å²) in [5.74, 6) is 0.989. The van der Waals surface area contributed by atoms with E-state index in [1.165, 1.54) is 0 Å². The summed E-state index contributed by atoms with van der Waals surface area (Å²) < 4.78 is 0. The van der Waals surface area contributed by atoms with E-state index < -0.39 is 0 Å². The van der Waals surface area contributed by atoms with Crippen LogP contribution >= 0.6 is 11.6 Å². The first-order valence-corrected chi connectivity index (χ1v) is 6.79. The number of hydrogen-bond donors (Lipinski definition) is 1. The van der Waals surface area contributed by atoms with Crippen molar-refractivity contribution in [3.8, 4) is 0 Å². The van der Waals surface area contributed by atoms with Gasteiger partial charge in [-0.1, -0.05) is 11.6 Å². The van der Waals surface area contributed by atoms with Crippen LogP contribution in [0, 0.1) is 0 Å². The van der Waals surface area contributed by atoms with Gasteiger partial charge in [0.05, 0.1) is 5.02 Å². The molecule has 1 aliphatic heterocycles. The Morgan fingerprint density at radius 3 is 3.00 bits per heavy atom. The molecule has 1 fully saturated rings. The molecule has 1 aromatic heterocycles. The van der Waals surface area contributed by atoms with Crippen molar-refractivity contribution in [1.29, 1.82) is 0 Å². The lowest BCUT2D eigenvalue weighted by molar-refractivity contribution is 0.337. The number of nitrogens with zero attached hydrogens (tertiary/aromatic N) is 3. The quantitative estimate of drug-likeness (QED) is 0.887. The summed E-state index contributed by atoms with van der Waals surface area (Å²) in [4.78, 5) is 9.16. The van der Waals surface area contributed by atoms with Gasteiger partial charge in [-0.2, -0.15) is 0 Å². The summed E-state index contributed by atoms with van der Waals surface area (Å²) >= 11 is 6.06. The van der Waals surface area contributed by atoms with Gasteiger partial charge in [0.25, 0.3) is 0 Å². The van der Waals surface area contributed by atoms with Gasteiger partial charge in [-0.25, -0.2) is 4.98 Å². The lowest BCUT2D eigenvalue weighted by atomic mass is 10.2. The van der Waals surface area contributed by atoms with Gasteiger partial charge in [-0.05, 0) is 38.6 Å². The number of halogens is 1. The second-order valence-electron chi connectivity index (χ2n) is 5.00. The van der Waals surface area contributed by atoms with E-state index in [1.807, 2.05) is 6.07 Å². The van der Waals surface area contributed by atoms with Crippen LogP contribution in [0.4, 0.5) is 5.82 Å². The van der Waals surface area contributed by atoms with Crippen molar-refractivity contribution in [3.05, 3.63) is 22.8 Å². The third-order valence-corrected chi connectivity index (χ3v) is 3.82. The Labute approximate surface area is 114 Å². The Morgan fingerprint density at radius 2 is 2.28 bits per heavy atom. The SMILES string of the molecule is CC1CN(C)CCCN1c1cc(CN)c(Cl)cn1. The van der Waals surface area contributed by atoms with Crippen molar-refractivity contribution < 1.29 is 0 Å². The number of nitrogens with two attached hydrogens (primary N) is 1. The van der Waals surface area contributed by atoms with E-state index in [0.29, 0.717) is 17.6 Å². The molecule has 1 unspecified atom stereocenters. The van der Waals surface area contributed by atoms with Crippen LogP contribution < -0.4 is 10.6 Å². The molecule has 0 aliphatic carbocycles. The molecular formula is C13H21ClN4. The Kier molecular flexibility index (Phi) is 4.43. The lowest BCUT2D eigenvalue weighted by Crippen LogP contribution is -2.38. The molecule has 1 aliphatic rings. The monoisotopic (exact) mass is 268 g/mol. The first-order valence-electron chi connectivity index (χ1n) is 6.41. The maximum atomic E-state index is 6.06. The third-order valence-electron chi connectivity index (χ3n) is 3.48. The van der Waals surface area contributed by atoms with Crippen LogP contribution in [0.15, 0.2) is 12.3 Å². The second kappa shape index (κ2) is 5.87. The Bertz CT molecular complexity index is 410. The van der Waals surface area contributed by atoms with Crippen molar-refractivity contribution in [2.75, 3.05) is 31.6 Å². The molecule has 0 spiro atoms. The first-order chi connectivity index (χ1) is 8.61. The number of rotatable bonds is 2. The molecule has 2 N–H and O–H groups in total. The summed E-state index contributed by atoms with van der Waals surface area (Å²) in [6.45, 7) is 5.92. The van der Waals surface area contributed by atoms with Gasteiger partial charge in [0.1, 0.15) is 5.82 Å².